The minimum Gasteiger partial charge on any atom is -0.348 e. The van der Waals surface area contributed by atoms with Crippen molar-refractivity contribution < 1.29 is 4.79 Å². The molecule has 0 unspecified atom stereocenters. The van der Waals surface area contributed by atoms with E-state index < -0.39 is 6.04 Å². The summed E-state index contributed by atoms with van der Waals surface area (Å²) in [5.41, 5.74) is 3.82. The van der Waals surface area contributed by atoms with Gasteiger partial charge in [-0.05, 0) is 35.0 Å². The summed E-state index contributed by atoms with van der Waals surface area (Å²) in [7, 11) is 1.90. The molecule has 27 heavy (non-hydrogen) atoms. The summed E-state index contributed by atoms with van der Waals surface area (Å²) < 4.78 is 3.28. The molecule has 2 aromatic carbocycles. The van der Waals surface area contributed by atoms with Crippen LogP contribution in [0.5, 0.6) is 0 Å². The molecule has 0 spiro atoms. The van der Waals surface area contributed by atoms with Gasteiger partial charge in [-0.2, -0.15) is 5.10 Å². The second kappa shape index (κ2) is 6.99. The van der Waals surface area contributed by atoms with Crippen molar-refractivity contribution in [1.29, 1.82) is 0 Å². The number of fused-ring (bicyclic) bond motifs is 1. The van der Waals surface area contributed by atoms with E-state index in [1.54, 1.807) is 0 Å². The minimum absolute atomic E-state index is 0.194. The highest BCUT2D eigenvalue weighted by Gasteiger charge is 2.24. The van der Waals surface area contributed by atoms with E-state index in [4.69, 9.17) is 0 Å². The first-order valence-corrected chi connectivity index (χ1v) is 8.61. The van der Waals surface area contributed by atoms with Gasteiger partial charge in [0.1, 0.15) is 6.33 Å². The Morgan fingerprint density at radius 1 is 1.19 bits per heavy atom. The smallest absolute Gasteiger partial charge is 0.249 e. The molecule has 0 saturated heterocycles. The highest BCUT2D eigenvalue weighted by atomic mass is 16.2. The van der Waals surface area contributed by atoms with Gasteiger partial charge in [0.05, 0.1) is 17.8 Å². The summed E-state index contributed by atoms with van der Waals surface area (Å²) in [6.07, 6.45) is 1.44. The second-order valence-electron chi connectivity index (χ2n) is 6.41. The number of aryl methyl sites for hydroxylation is 2. The van der Waals surface area contributed by atoms with Gasteiger partial charge in [0.2, 0.25) is 5.91 Å². The highest BCUT2D eigenvalue weighted by molar-refractivity contribution is 5.85. The highest BCUT2D eigenvalue weighted by Crippen LogP contribution is 2.21. The van der Waals surface area contributed by atoms with Crippen LogP contribution in [0.15, 0.2) is 54.9 Å². The Bertz CT molecular complexity index is 1070. The number of carbonyl (C=O) groups excluding carboxylic acids is 1. The number of tetrazole rings is 1. The molecular weight excluding hydrogens is 342 g/mol. The minimum atomic E-state index is -0.641. The van der Waals surface area contributed by atoms with E-state index >= 15 is 0 Å². The molecule has 0 bridgehead atoms. The summed E-state index contributed by atoms with van der Waals surface area (Å²) in [6.45, 7) is 2.36. The van der Waals surface area contributed by atoms with Crippen LogP contribution in [0.4, 0.5) is 0 Å². The first-order chi connectivity index (χ1) is 13.1. The first kappa shape index (κ1) is 16.9. The van der Waals surface area contributed by atoms with E-state index in [0.29, 0.717) is 6.54 Å². The summed E-state index contributed by atoms with van der Waals surface area (Å²) in [5.74, 6) is -0.194. The van der Waals surface area contributed by atoms with Gasteiger partial charge in [-0.15, -0.1) is 5.10 Å². The summed E-state index contributed by atoms with van der Waals surface area (Å²) in [5, 5.41) is 19.8. The van der Waals surface area contributed by atoms with Gasteiger partial charge in [0, 0.05) is 12.4 Å². The van der Waals surface area contributed by atoms with Crippen LogP contribution >= 0.6 is 0 Å². The number of hydrogen-bond donors (Lipinski definition) is 1. The van der Waals surface area contributed by atoms with Gasteiger partial charge in [0.25, 0.3) is 0 Å². The fourth-order valence-electron chi connectivity index (χ4n) is 3.20. The summed E-state index contributed by atoms with van der Waals surface area (Å²) in [6, 6.07) is 15.0. The normalized spacial score (nSPS) is 12.2. The molecule has 4 aromatic rings. The van der Waals surface area contributed by atoms with E-state index in [0.717, 1.165) is 27.7 Å². The zero-order valence-corrected chi connectivity index (χ0v) is 15.1. The summed E-state index contributed by atoms with van der Waals surface area (Å²) in [4.78, 5) is 13.0. The molecule has 2 aromatic heterocycles. The van der Waals surface area contributed by atoms with Crippen molar-refractivity contribution in [3.8, 4) is 0 Å². The van der Waals surface area contributed by atoms with Gasteiger partial charge in [-0.1, -0.05) is 42.0 Å². The Morgan fingerprint density at radius 2 is 2.00 bits per heavy atom. The van der Waals surface area contributed by atoms with Crippen LogP contribution in [0.2, 0.25) is 0 Å². The predicted octanol–water partition coefficient (Wildman–Crippen LogP) is 1.77. The van der Waals surface area contributed by atoms with E-state index in [-0.39, 0.29) is 5.91 Å². The molecule has 1 N–H and O–H groups in total. The number of rotatable bonds is 5. The molecule has 0 aliphatic rings. The molecule has 136 valence electrons. The zero-order valence-electron chi connectivity index (χ0n) is 15.1. The lowest BCUT2D eigenvalue weighted by atomic mass is 10.1. The molecule has 0 aliphatic heterocycles. The van der Waals surface area contributed by atoms with Crippen LogP contribution in [-0.2, 0) is 18.4 Å². The average molecular weight is 361 g/mol. The lowest BCUT2D eigenvalue weighted by Crippen LogP contribution is -2.33. The van der Waals surface area contributed by atoms with Crippen LogP contribution in [0.25, 0.3) is 10.9 Å². The van der Waals surface area contributed by atoms with Gasteiger partial charge >= 0.3 is 0 Å². The Morgan fingerprint density at radius 3 is 2.74 bits per heavy atom. The first-order valence-electron chi connectivity index (χ1n) is 8.61. The summed E-state index contributed by atoms with van der Waals surface area (Å²) >= 11 is 0. The molecule has 8 heteroatoms. The molecule has 0 fully saturated rings. The number of carbonyl (C=O) groups is 1. The molecular formula is C19H19N7O. The van der Waals surface area contributed by atoms with Crippen molar-refractivity contribution in [3.63, 3.8) is 0 Å². The van der Waals surface area contributed by atoms with E-state index in [9.17, 15) is 4.79 Å². The van der Waals surface area contributed by atoms with Crippen molar-refractivity contribution in [3.05, 3.63) is 71.7 Å². The zero-order chi connectivity index (χ0) is 18.8. The van der Waals surface area contributed by atoms with Gasteiger partial charge in [-0.3, -0.25) is 9.48 Å². The second-order valence-corrected chi connectivity index (χ2v) is 6.41. The third-order valence-electron chi connectivity index (χ3n) is 4.51. The quantitative estimate of drug-likeness (QED) is 0.585. The van der Waals surface area contributed by atoms with Crippen LogP contribution in [-0.4, -0.2) is 35.9 Å². The standard InChI is InChI=1S/C19H19N7O/c1-13-8-9-17-15(10-13)16(22-25(17)2)11-20-19(27)18(26-12-21-23-24-26)14-6-4-3-5-7-14/h3-10,12,18H,11H2,1-2H3,(H,20,27)/t18-/m0/s1. The van der Waals surface area contributed by atoms with Crippen LogP contribution < -0.4 is 5.32 Å². The SMILES string of the molecule is Cc1ccc2c(c1)c(CNC(=O)[C@H](c1ccccc1)n1cnnn1)nn2C. The van der Waals surface area contributed by atoms with E-state index in [1.165, 1.54) is 11.0 Å². The largest absolute Gasteiger partial charge is 0.348 e. The average Bonchev–Trinajstić information content (AvgIpc) is 3.30. The van der Waals surface area contributed by atoms with Crippen molar-refractivity contribution >= 4 is 16.8 Å². The van der Waals surface area contributed by atoms with Crippen LogP contribution in [0.3, 0.4) is 0 Å². The fourth-order valence-corrected chi connectivity index (χ4v) is 3.20. The Hall–Kier alpha value is -3.55. The van der Waals surface area contributed by atoms with Crippen molar-refractivity contribution in [2.45, 2.75) is 19.5 Å². The number of benzene rings is 2. The Balaban J connectivity index is 1.60. The molecule has 4 rings (SSSR count). The van der Waals surface area contributed by atoms with Gasteiger partial charge in [0.15, 0.2) is 6.04 Å². The molecule has 1 atom stereocenters. The predicted molar refractivity (Wildman–Crippen MR) is 99.7 cm³/mol. The number of hydrogen-bond acceptors (Lipinski definition) is 5. The number of amides is 1. The van der Waals surface area contributed by atoms with E-state index in [2.05, 4.69) is 38.1 Å². The molecule has 0 aliphatic carbocycles. The number of nitrogens with zero attached hydrogens (tertiary/aromatic N) is 6. The maximum Gasteiger partial charge on any atom is 0.249 e. The maximum atomic E-state index is 13.0. The lowest BCUT2D eigenvalue weighted by molar-refractivity contribution is -0.123. The topological polar surface area (TPSA) is 90.5 Å². The molecule has 8 nitrogen and oxygen atoms in total. The third-order valence-corrected chi connectivity index (χ3v) is 4.51. The van der Waals surface area contributed by atoms with Crippen LogP contribution in [0.1, 0.15) is 22.9 Å². The van der Waals surface area contributed by atoms with Crippen molar-refractivity contribution in [1.82, 2.24) is 35.3 Å². The third kappa shape index (κ3) is 3.29. The monoisotopic (exact) mass is 361 g/mol. The van der Waals surface area contributed by atoms with Crippen molar-refractivity contribution in [2.24, 2.45) is 7.05 Å². The molecule has 2 heterocycles. The lowest BCUT2D eigenvalue weighted by Gasteiger charge is -2.16. The molecule has 1 amide bonds. The van der Waals surface area contributed by atoms with Crippen LogP contribution in [0, 0.1) is 6.92 Å². The number of aromatic nitrogens is 6. The Kier molecular flexibility index (Phi) is 4.37. The fraction of sp³-hybridized carbons (Fsp3) is 0.211. The van der Waals surface area contributed by atoms with E-state index in [1.807, 2.05) is 55.1 Å². The maximum absolute atomic E-state index is 13.0. The Labute approximate surface area is 155 Å². The van der Waals surface area contributed by atoms with Gasteiger partial charge in [-0.25, -0.2) is 4.68 Å². The number of nitrogens with one attached hydrogen (secondary N) is 1. The van der Waals surface area contributed by atoms with Gasteiger partial charge < -0.3 is 5.32 Å². The van der Waals surface area contributed by atoms with Crippen molar-refractivity contribution in [2.75, 3.05) is 0 Å². The molecule has 0 radical (unpaired) electrons. The molecule has 0 saturated carbocycles.